The number of aliphatic carboxylic acids is 1. The fourth-order valence-corrected chi connectivity index (χ4v) is 5.20. The van der Waals surface area contributed by atoms with Gasteiger partial charge in [-0.3, -0.25) is 14.4 Å². The third-order valence-corrected chi connectivity index (χ3v) is 8.05. The number of ether oxygens (including phenoxy) is 1. The lowest BCUT2D eigenvalue weighted by Crippen LogP contribution is -2.28. The molecule has 0 heterocycles. The van der Waals surface area contributed by atoms with Crippen molar-refractivity contribution in [2.45, 2.75) is 168 Å². The summed E-state index contributed by atoms with van der Waals surface area (Å²) in [5, 5.41) is 11.0. The Morgan fingerprint density at radius 3 is 1.52 bits per heavy atom. The van der Waals surface area contributed by atoms with Crippen molar-refractivity contribution in [3.63, 3.8) is 0 Å². The minimum Gasteiger partial charge on any atom is -0.480 e. The Morgan fingerprint density at radius 1 is 0.540 bits per heavy atom. The minimum absolute atomic E-state index is 0.0968. The molecule has 0 fully saturated rings. The molecule has 0 aromatic heterocycles. The van der Waals surface area contributed by atoms with Gasteiger partial charge >= 0.3 is 11.9 Å². The van der Waals surface area contributed by atoms with Crippen LogP contribution in [0.5, 0.6) is 0 Å². The highest BCUT2D eigenvalue weighted by Crippen LogP contribution is 2.15. The lowest BCUT2D eigenvalue weighted by molar-refractivity contribution is -0.147. The molecule has 0 saturated carbocycles. The lowest BCUT2D eigenvalue weighted by atomic mass is 10.1. The predicted molar refractivity (Wildman–Crippen MR) is 212 cm³/mol. The summed E-state index contributed by atoms with van der Waals surface area (Å²) in [6.07, 6.45) is 53.0. The van der Waals surface area contributed by atoms with Crippen molar-refractivity contribution < 1.29 is 24.2 Å². The van der Waals surface area contributed by atoms with Gasteiger partial charge in [-0.05, 0) is 89.5 Å². The van der Waals surface area contributed by atoms with Crippen LogP contribution in [-0.2, 0) is 19.1 Å². The standard InChI is InChI=1S/C44H71NO5/c1-3-5-7-9-11-13-14-15-16-17-18-19-20-21-22-23-25-31-35-39-44(49)50-41(36-32-28-24-12-10-8-6-4-2)37-33-29-26-27-30-34-38-42(46)45-40-43(47)48/h5-8,11-13,15-16,18-19,24,32,36,41H,3-4,9-10,14,17,20-23,25-31,33-35,37-40H2,1-2H3,(H,45,46)(H,47,48)/b7-5-,8-6-,13-11-,16-15-,19-18-,24-12-,36-32-. The molecule has 50 heavy (non-hydrogen) atoms. The van der Waals surface area contributed by atoms with Gasteiger partial charge in [-0.2, -0.15) is 0 Å². The Hall–Kier alpha value is -3.41. The number of hydrogen-bond donors (Lipinski definition) is 2. The number of carbonyl (C=O) groups is 3. The number of carboxylic acids is 1. The molecule has 0 saturated heterocycles. The molecule has 0 bridgehead atoms. The van der Waals surface area contributed by atoms with Crippen LogP contribution in [0.1, 0.15) is 162 Å². The molecule has 1 atom stereocenters. The summed E-state index contributed by atoms with van der Waals surface area (Å²) in [5.74, 6) is -1.33. The maximum atomic E-state index is 12.7. The van der Waals surface area contributed by atoms with Crippen LogP contribution in [0.25, 0.3) is 0 Å². The van der Waals surface area contributed by atoms with E-state index in [9.17, 15) is 14.4 Å². The summed E-state index contributed by atoms with van der Waals surface area (Å²) in [6.45, 7) is 3.97. The maximum Gasteiger partial charge on any atom is 0.322 e. The summed E-state index contributed by atoms with van der Waals surface area (Å²) in [7, 11) is 0. The van der Waals surface area contributed by atoms with Crippen molar-refractivity contribution >= 4 is 17.8 Å². The van der Waals surface area contributed by atoms with Crippen LogP contribution in [-0.4, -0.2) is 35.6 Å². The van der Waals surface area contributed by atoms with Crippen LogP contribution in [0.15, 0.2) is 85.1 Å². The maximum absolute atomic E-state index is 12.7. The number of nitrogens with one attached hydrogen (secondary N) is 1. The Kier molecular flexibility index (Phi) is 35.8. The fourth-order valence-electron chi connectivity index (χ4n) is 5.20. The van der Waals surface area contributed by atoms with Crippen LogP contribution in [0.4, 0.5) is 0 Å². The zero-order valence-electron chi connectivity index (χ0n) is 31.7. The van der Waals surface area contributed by atoms with Gasteiger partial charge in [-0.15, -0.1) is 0 Å². The molecule has 6 heteroatoms. The van der Waals surface area contributed by atoms with E-state index in [4.69, 9.17) is 9.84 Å². The average molecular weight is 694 g/mol. The van der Waals surface area contributed by atoms with E-state index < -0.39 is 5.97 Å². The number of amides is 1. The van der Waals surface area contributed by atoms with Crippen molar-refractivity contribution in [3.8, 4) is 0 Å². The largest absolute Gasteiger partial charge is 0.480 e. The first-order chi connectivity index (χ1) is 24.5. The molecule has 0 aromatic rings. The monoisotopic (exact) mass is 694 g/mol. The van der Waals surface area contributed by atoms with Crippen molar-refractivity contribution in [3.05, 3.63) is 85.1 Å². The van der Waals surface area contributed by atoms with Gasteiger partial charge in [0.25, 0.3) is 0 Å². The first-order valence-corrected chi connectivity index (χ1v) is 19.7. The second-order valence-electron chi connectivity index (χ2n) is 12.8. The lowest BCUT2D eigenvalue weighted by Gasteiger charge is -2.14. The molecule has 0 rings (SSSR count). The molecular weight excluding hydrogens is 622 g/mol. The highest BCUT2D eigenvalue weighted by atomic mass is 16.5. The Labute approximate surface area is 306 Å². The summed E-state index contributed by atoms with van der Waals surface area (Å²) in [6, 6.07) is 0. The second kappa shape index (κ2) is 38.4. The van der Waals surface area contributed by atoms with Crippen LogP contribution < -0.4 is 5.32 Å². The van der Waals surface area contributed by atoms with E-state index >= 15 is 0 Å². The van der Waals surface area contributed by atoms with E-state index in [1.54, 1.807) is 0 Å². The van der Waals surface area contributed by atoms with Crippen molar-refractivity contribution in [2.75, 3.05) is 6.54 Å². The number of rotatable bonds is 34. The third kappa shape index (κ3) is 37.4. The van der Waals surface area contributed by atoms with Gasteiger partial charge in [0.1, 0.15) is 12.6 Å². The highest BCUT2D eigenvalue weighted by Gasteiger charge is 2.11. The van der Waals surface area contributed by atoms with Gasteiger partial charge in [0.05, 0.1) is 0 Å². The smallest absolute Gasteiger partial charge is 0.322 e. The fraction of sp³-hybridized carbons (Fsp3) is 0.614. The number of carboxylic acid groups (broad SMARTS) is 1. The average Bonchev–Trinajstić information content (AvgIpc) is 3.10. The van der Waals surface area contributed by atoms with Gasteiger partial charge in [-0.25, -0.2) is 0 Å². The quantitative estimate of drug-likeness (QED) is 0.0397. The second-order valence-corrected chi connectivity index (χ2v) is 12.8. The van der Waals surface area contributed by atoms with Gasteiger partial charge in [-0.1, -0.05) is 144 Å². The first kappa shape index (κ1) is 46.6. The van der Waals surface area contributed by atoms with E-state index in [0.717, 1.165) is 116 Å². The molecule has 0 aliphatic heterocycles. The summed E-state index contributed by atoms with van der Waals surface area (Å²) in [5.41, 5.74) is 0. The molecule has 282 valence electrons. The highest BCUT2D eigenvalue weighted by molar-refractivity contribution is 5.80. The van der Waals surface area contributed by atoms with Crippen LogP contribution in [0.2, 0.25) is 0 Å². The molecule has 0 radical (unpaired) electrons. The van der Waals surface area contributed by atoms with Gasteiger partial charge in [0, 0.05) is 12.8 Å². The van der Waals surface area contributed by atoms with Crippen molar-refractivity contribution in [2.24, 2.45) is 0 Å². The van der Waals surface area contributed by atoms with E-state index in [1.165, 1.54) is 19.3 Å². The van der Waals surface area contributed by atoms with E-state index in [-0.39, 0.29) is 24.5 Å². The van der Waals surface area contributed by atoms with Gasteiger partial charge < -0.3 is 15.2 Å². The van der Waals surface area contributed by atoms with E-state index in [2.05, 4.69) is 104 Å². The zero-order valence-corrected chi connectivity index (χ0v) is 31.7. The summed E-state index contributed by atoms with van der Waals surface area (Å²) >= 11 is 0. The van der Waals surface area contributed by atoms with Crippen LogP contribution in [0, 0.1) is 0 Å². The Balaban J connectivity index is 4.18. The van der Waals surface area contributed by atoms with Gasteiger partial charge in [0.2, 0.25) is 5.91 Å². The molecule has 0 aliphatic carbocycles. The molecule has 0 spiro atoms. The molecule has 0 aromatic carbocycles. The molecule has 2 N–H and O–H groups in total. The third-order valence-electron chi connectivity index (χ3n) is 8.05. The van der Waals surface area contributed by atoms with Crippen molar-refractivity contribution in [1.29, 1.82) is 0 Å². The molecule has 1 amide bonds. The topological polar surface area (TPSA) is 92.7 Å². The van der Waals surface area contributed by atoms with Crippen LogP contribution >= 0.6 is 0 Å². The number of hydrogen-bond acceptors (Lipinski definition) is 4. The normalized spacial score (nSPS) is 13.0. The molecule has 6 nitrogen and oxygen atoms in total. The Bertz CT molecular complexity index is 1030. The molecule has 0 aliphatic rings. The van der Waals surface area contributed by atoms with E-state index in [0.29, 0.717) is 12.8 Å². The number of carbonyl (C=O) groups excluding carboxylic acids is 2. The van der Waals surface area contributed by atoms with Crippen molar-refractivity contribution in [1.82, 2.24) is 5.32 Å². The van der Waals surface area contributed by atoms with Crippen LogP contribution in [0.3, 0.4) is 0 Å². The molecular formula is C44H71NO5. The number of allylic oxidation sites excluding steroid dienone is 13. The summed E-state index contributed by atoms with van der Waals surface area (Å²) in [4.78, 5) is 34.8. The van der Waals surface area contributed by atoms with Gasteiger partial charge in [0.15, 0.2) is 0 Å². The minimum atomic E-state index is -1.02. The SMILES string of the molecule is CC/C=C\C/C=C\C/C=C\C/C=C\CCCCCCCCC(=O)OC(/C=C\C/C=C\C/C=C\CC)CCCCCCCCC(=O)NCC(=O)O. The Morgan fingerprint density at radius 2 is 0.980 bits per heavy atom. The summed E-state index contributed by atoms with van der Waals surface area (Å²) < 4.78 is 5.89. The number of esters is 1. The molecule has 1 unspecified atom stereocenters. The number of unbranched alkanes of at least 4 members (excludes halogenated alkanes) is 11. The predicted octanol–water partition coefficient (Wildman–Crippen LogP) is 12.0. The van der Waals surface area contributed by atoms with E-state index in [1.807, 2.05) is 0 Å². The zero-order chi connectivity index (χ0) is 36.6. The first-order valence-electron chi connectivity index (χ1n) is 19.7.